The molecule has 2 aliphatic rings. The van der Waals surface area contributed by atoms with Gasteiger partial charge in [-0.25, -0.2) is 4.79 Å². The molecule has 1 heterocycles. The lowest BCUT2D eigenvalue weighted by Crippen LogP contribution is -2.11. The molecule has 2 aromatic rings. The van der Waals surface area contributed by atoms with Crippen LogP contribution in [0.15, 0.2) is 63.8 Å². The summed E-state index contributed by atoms with van der Waals surface area (Å²) in [6.45, 7) is 0. The van der Waals surface area contributed by atoms with Gasteiger partial charge in [0, 0.05) is 22.1 Å². The zero-order valence-electron chi connectivity index (χ0n) is 13.2. The monoisotopic (exact) mass is 458 g/mol. The lowest BCUT2D eigenvalue weighted by Gasteiger charge is -2.16. The van der Waals surface area contributed by atoms with E-state index in [1.54, 1.807) is 30.3 Å². The third-order valence-corrected chi connectivity index (χ3v) is 5.20. The summed E-state index contributed by atoms with van der Waals surface area (Å²) in [5.41, 5.74) is 0.920. The molecule has 0 bridgehead atoms. The quantitative estimate of drug-likeness (QED) is 0.340. The number of para-hydroxylation sites is 1. The molecule has 128 valence electrons. The summed E-state index contributed by atoms with van der Waals surface area (Å²) in [5, 5.41) is 20.8. The molecule has 0 saturated carbocycles. The number of phenolic OH excluding ortho intramolecular Hbond substituents is 1. The first-order valence-corrected chi connectivity index (χ1v) is 8.76. The van der Waals surface area contributed by atoms with Crippen LogP contribution in [0.4, 0.5) is 0 Å². The number of aromatic hydroxyl groups is 1. The second-order valence-electron chi connectivity index (χ2n) is 5.74. The molecule has 0 radical (unpaired) electrons. The van der Waals surface area contributed by atoms with Crippen LogP contribution in [0.25, 0.3) is 33.4 Å². The highest BCUT2D eigenvalue weighted by molar-refractivity contribution is 14.1. The van der Waals surface area contributed by atoms with Crippen molar-refractivity contribution < 1.29 is 19.4 Å². The predicted molar refractivity (Wildman–Crippen MR) is 106 cm³/mol. The third kappa shape index (κ3) is 2.45. The summed E-state index contributed by atoms with van der Waals surface area (Å²) in [5.74, 6) is -1.31. The maximum absolute atomic E-state index is 12.5. The average molecular weight is 458 g/mol. The maximum Gasteiger partial charge on any atom is 0.336 e. The fourth-order valence-corrected chi connectivity index (χ4v) is 3.69. The molecule has 0 spiro atoms. The zero-order chi connectivity index (χ0) is 18.4. The molecule has 1 aliphatic carbocycles. The third-order valence-electron chi connectivity index (χ3n) is 4.22. The Hall–Kier alpha value is -2.87. The van der Waals surface area contributed by atoms with E-state index in [9.17, 15) is 19.8 Å². The van der Waals surface area contributed by atoms with Crippen LogP contribution in [0, 0.1) is 3.57 Å². The van der Waals surface area contributed by atoms with Gasteiger partial charge in [-0.05, 0) is 40.8 Å². The summed E-state index contributed by atoms with van der Waals surface area (Å²) in [4.78, 5) is 24.2. The van der Waals surface area contributed by atoms with Crippen LogP contribution in [-0.4, -0.2) is 16.2 Å². The van der Waals surface area contributed by atoms with Gasteiger partial charge in [-0.15, -0.1) is 0 Å². The van der Waals surface area contributed by atoms with Crippen molar-refractivity contribution in [1.29, 1.82) is 0 Å². The number of halogens is 1. The number of phenols is 1. The van der Waals surface area contributed by atoms with Gasteiger partial charge in [0.2, 0.25) is 5.43 Å². The summed E-state index contributed by atoms with van der Waals surface area (Å²) in [6, 6.07) is 15.4. The van der Waals surface area contributed by atoms with Gasteiger partial charge < -0.3 is 14.6 Å². The number of carboxylic acids is 1. The Balaban J connectivity index is 2.22. The SMILES string of the molecule is O=C(O)c1ccccc1-c1c2cc3ccccc3oc-2c(I)c(=O)c1O. The van der Waals surface area contributed by atoms with Crippen LogP contribution in [0.3, 0.4) is 0 Å². The van der Waals surface area contributed by atoms with E-state index >= 15 is 0 Å². The number of carboxylic acid groups (broad SMARTS) is 1. The van der Waals surface area contributed by atoms with Gasteiger partial charge in [0.05, 0.1) is 5.56 Å². The highest BCUT2D eigenvalue weighted by Gasteiger charge is 2.26. The van der Waals surface area contributed by atoms with Crippen LogP contribution in [0.1, 0.15) is 10.4 Å². The Morgan fingerprint density at radius 2 is 1.69 bits per heavy atom. The second kappa shape index (κ2) is 6.14. The smallest absolute Gasteiger partial charge is 0.336 e. The first kappa shape index (κ1) is 16.6. The molecule has 0 atom stereocenters. The molecule has 6 heteroatoms. The minimum Gasteiger partial charge on any atom is -0.504 e. The van der Waals surface area contributed by atoms with Crippen molar-refractivity contribution in [2.24, 2.45) is 0 Å². The minimum absolute atomic E-state index is 0.00198. The van der Waals surface area contributed by atoms with E-state index in [0.717, 1.165) is 5.39 Å². The molecule has 0 aromatic heterocycles. The Morgan fingerprint density at radius 1 is 1.00 bits per heavy atom. The Morgan fingerprint density at radius 3 is 2.46 bits per heavy atom. The van der Waals surface area contributed by atoms with Crippen molar-refractivity contribution in [2.75, 3.05) is 0 Å². The van der Waals surface area contributed by atoms with Gasteiger partial charge in [0.15, 0.2) is 11.5 Å². The van der Waals surface area contributed by atoms with E-state index in [2.05, 4.69) is 0 Å². The Bertz CT molecular complexity index is 1210. The maximum atomic E-state index is 12.5. The van der Waals surface area contributed by atoms with E-state index in [0.29, 0.717) is 16.9 Å². The van der Waals surface area contributed by atoms with Crippen molar-refractivity contribution in [3.8, 4) is 28.2 Å². The number of fused-ring (bicyclic) bond motifs is 2. The molecular weight excluding hydrogens is 447 g/mol. The number of hydrogen-bond acceptors (Lipinski definition) is 4. The molecule has 2 aromatic carbocycles. The van der Waals surface area contributed by atoms with Gasteiger partial charge in [-0.2, -0.15) is 0 Å². The lowest BCUT2D eigenvalue weighted by molar-refractivity contribution is 0.0697. The van der Waals surface area contributed by atoms with Crippen molar-refractivity contribution in [3.63, 3.8) is 0 Å². The number of aromatic carboxylic acids is 1. The lowest BCUT2D eigenvalue weighted by atomic mass is 9.91. The molecule has 0 amide bonds. The van der Waals surface area contributed by atoms with Crippen molar-refractivity contribution in [1.82, 2.24) is 0 Å². The highest BCUT2D eigenvalue weighted by Crippen LogP contribution is 2.43. The average Bonchev–Trinajstić information content (AvgIpc) is 2.65. The van der Waals surface area contributed by atoms with Crippen LogP contribution < -0.4 is 5.43 Å². The van der Waals surface area contributed by atoms with Crippen LogP contribution in [0.5, 0.6) is 5.75 Å². The molecule has 0 saturated heterocycles. The fourth-order valence-electron chi connectivity index (χ4n) is 3.04. The molecule has 0 unspecified atom stereocenters. The van der Waals surface area contributed by atoms with Crippen LogP contribution >= 0.6 is 22.6 Å². The van der Waals surface area contributed by atoms with Gasteiger partial charge in [-0.3, -0.25) is 4.79 Å². The summed E-state index contributed by atoms with van der Waals surface area (Å²) in [7, 11) is 0. The normalized spacial score (nSPS) is 11.1. The van der Waals surface area contributed by atoms with E-state index in [4.69, 9.17) is 4.42 Å². The van der Waals surface area contributed by atoms with Crippen molar-refractivity contribution in [3.05, 3.63) is 74.0 Å². The van der Waals surface area contributed by atoms with Crippen LogP contribution in [-0.2, 0) is 0 Å². The topological polar surface area (TPSA) is 87.7 Å². The molecular formula is C20H11IO5. The molecule has 5 nitrogen and oxygen atoms in total. The number of benzene rings is 3. The van der Waals surface area contributed by atoms with E-state index in [-0.39, 0.29) is 20.3 Å². The largest absolute Gasteiger partial charge is 0.504 e. The van der Waals surface area contributed by atoms with E-state index < -0.39 is 17.1 Å². The first-order chi connectivity index (χ1) is 12.5. The summed E-state index contributed by atoms with van der Waals surface area (Å²) < 4.78 is 6.16. The molecule has 1 aliphatic heterocycles. The first-order valence-electron chi connectivity index (χ1n) is 7.68. The highest BCUT2D eigenvalue weighted by atomic mass is 127. The Labute approximate surface area is 161 Å². The number of rotatable bonds is 2. The van der Waals surface area contributed by atoms with E-state index in [1.165, 1.54) is 6.07 Å². The second-order valence-corrected chi connectivity index (χ2v) is 6.82. The van der Waals surface area contributed by atoms with Gasteiger partial charge in [-0.1, -0.05) is 36.4 Å². The fraction of sp³-hybridized carbons (Fsp3) is 0. The molecule has 2 N–H and O–H groups in total. The van der Waals surface area contributed by atoms with E-state index in [1.807, 2.05) is 40.8 Å². The van der Waals surface area contributed by atoms with Crippen LogP contribution in [0.2, 0.25) is 0 Å². The zero-order valence-corrected chi connectivity index (χ0v) is 15.4. The van der Waals surface area contributed by atoms with Gasteiger partial charge >= 0.3 is 5.97 Å². The standard InChI is InChI=1S/C20H11IO5/c21-16-18(23)17(22)15(11-6-2-3-7-12(11)20(24)25)13-9-10-5-1-4-8-14(10)26-19(13)16/h1-9,22H,(H,24,25). The predicted octanol–water partition coefficient (Wildman–Crippen LogP) is 4.57. The molecule has 0 fully saturated rings. The number of carbonyl (C=O) groups is 1. The summed E-state index contributed by atoms with van der Waals surface area (Å²) in [6.07, 6.45) is 0. The van der Waals surface area contributed by atoms with Crippen molar-refractivity contribution >= 4 is 39.5 Å². The minimum atomic E-state index is -1.14. The van der Waals surface area contributed by atoms with Gasteiger partial charge in [0.1, 0.15) is 9.15 Å². The Kier molecular flexibility index (Phi) is 3.91. The number of hydrogen-bond donors (Lipinski definition) is 2. The molecule has 4 rings (SSSR count). The molecule has 26 heavy (non-hydrogen) atoms. The van der Waals surface area contributed by atoms with Gasteiger partial charge in [0.25, 0.3) is 0 Å². The summed E-state index contributed by atoms with van der Waals surface area (Å²) >= 11 is 1.84. The van der Waals surface area contributed by atoms with Crippen molar-refractivity contribution in [2.45, 2.75) is 0 Å².